The summed E-state index contributed by atoms with van der Waals surface area (Å²) in [6.45, 7) is 6.92. The van der Waals surface area contributed by atoms with Crippen molar-refractivity contribution in [3.05, 3.63) is 80.9 Å². The summed E-state index contributed by atoms with van der Waals surface area (Å²) >= 11 is 0. The Morgan fingerprint density at radius 1 is 1.07 bits per heavy atom. The van der Waals surface area contributed by atoms with Gasteiger partial charge in [0.25, 0.3) is 11.5 Å². The molecule has 0 saturated carbocycles. The molecule has 4 aromatic rings. The van der Waals surface area contributed by atoms with Gasteiger partial charge in [-0.3, -0.25) is 14.3 Å². The topological polar surface area (TPSA) is 97.3 Å². The van der Waals surface area contributed by atoms with Crippen molar-refractivity contribution < 1.29 is 14.3 Å². The monoisotopic (exact) mass is 544 g/mol. The molecule has 0 atom stereocenters. The lowest BCUT2D eigenvalue weighted by molar-refractivity contribution is 0.0963. The standard InChI is InChI=1S/C30H33FN6O3/c1-17-8-27(33-35(17)5)32-23-9-19(15-34(4)28(23)39)21-11-20(31)12-24(22(21)16-38)37-7-6-36-25(29(37)40)10-18-13-30(2,3)14-26(18)36/h8-12,15,38H,6-7,13-14,16H2,1-5H3,(H,32,33). The van der Waals surface area contributed by atoms with E-state index in [0.29, 0.717) is 47.0 Å². The minimum absolute atomic E-state index is 0.174. The first kappa shape index (κ1) is 26.1. The van der Waals surface area contributed by atoms with Gasteiger partial charge in [-0.1, -0.05) is 13.8 Å². The SMILES string of the molecule is Cc1cc(Nc2cc(-c3cc(F)cc(N4CCn5c(cc6c5CC(C)(C)C6)C4=O)c3CO)cn(C)c2=O)nn1C. The van der Waals surface area contributed by atoms with Crippen LogP contribution in [0.5, 0.6) is 0 Å². The van der Waals surface area contributed by atoms with Crippen LogP contribution >= 0.6 is 0 Å². The fourth-order valence-corrected chi connectivity index (χ4v) is 6.14. The van der Waals surface area contributed by atoms with Crippen LogP contribution in [0, 0.1) is 18.2 Å². The number of carbonyl (C=O) groups is 1. The molecule has 0 radical (unpaired) electrons. The third-order valence-electron chi connectivity index (χ3n) is 8.14. The fraction of sp³-hybridized carbons (Fsp3) is 0.367. The Hall–Kier alpha value is -4.18. The molecule has 1 aliphatic heterocycles. The Morgan fingerprint density at radius 2 is 1.85 bits per heavy atom. The van der Waals surface area contributed by atoms with Crippen LogP contribution in [-0.2, 0) is 40.1 Å². The third-order valence-corrected chi connectivity index (χ3v) is 8.14. The maximum atomic E-state index is 15.2. The van der Waals surface area contributed by atoms with Crippen LogP contribution in [-0.4, -0.2) is 36.5 Å². The number of anilines is 3. The number of benzene rings is 1. The molecule has 6 rings (SSSR count). The lowest BCUT2D eigenvalue weighted by Crippen LogP contribution is -2.41. The summed E-state index contributed by atoms with van der Waals surface area (Å²) in [5.41, 5.74) is 5.76. The highest BCUT2D eigenvalue weighted by molar-refractivity contribution is 6.07. The van der Waals surface area contributed by atoms with Crippen LogP contribution in [0.4, 0.5) is 21.6 Å². The van der Waals surface area contributed by atoms with Gasteiger partial charge in [0.15, 0.2) is 5.82 Å². The van der Waals surface area contributed by atoms with Crippen LogP contribution < -0.4 is 15.8 Å². The van der Waals surface area contributed by atoms with Gasteiger partial charge in [0.05, 0.1) is 12.3 Å². The average molecular weight is 545 g/mol. The highest BCUT2D eigenvalue weighted by atomic mass is 19.1. The van der Waals surface area contributed by atoms with E-state index in [1.807, 2.05) is 26.1 Å². The number of halogens is 1. The maximum Gasteiger partial charge on any atom is 0.274 e. The van der Waals surface area contributed by atoms with E-state index >= 15 is 4.39 Å². The molecule has 0 unspecified atom stereocenters. The van der Waals surface area contributed by atoms with Crippen LogP contribution in [0.25, 0.3) is 11.1 Å². The average Bonchev–Trinajstić information content (AvgIpc) is 3.50. The van der Waals surface area contributed by atoms with E-state index in [0.717, 1.165) is 18.5 Å². The highest BCUT2D eigenvalue weighted by Crippen LogP contribution is 2.40. The molecular formula is C30H33FN6O3. The number of hydrogen-bond acceptors (Lipinski definition) is 5. The van der Waals surface area contributed by atoms with Gasteiger partial charge in [0.1, 0.15) is 17.2 Å². The number of hydrogen-bond donors (Lipinski definition) is 2. The molecule has 2 aliphatic rings. The van der Waals surface area contributed by atoms with Gasteiger partial charge in [-0.15, -0.1) is 0 Å². The zero-order chi connectivity index (χ0) is 28.5. The predicted octanol–water partition coefficient (Wildman–Crippen LogP) is 4.06. The van der Waals surface area contributed by atoms with Crippen molar-refractivity contribution in [3.8, 4) is 11.1 Å². The molecule has 10 heteroatoms. The molecule has 40 heavy (non-hydrogen) atoms. The number of carbonyl (C=O) groups excluding carboxylic acids is 1. The van der Waals surface area contributed by atoms with E-state index in [4.69, 9.17) is 0 Å². The molecule has 3 aromatic heterocycles. The number of pyridine rings is 1. The molecule has 0 bridgehead atoms. The summed E-state index contributed by atoms with van der Waals surface area (Å²) in [4.78, 5) is 28.2. The van der Waals surface area contributed by atoms with Gasteiger partial charge >= 0.3 is 0 Å². The number of fused-ring (bicyclic) bond motifs is 3. The second-order valence-electron chi connectivity index (χ2n) is 11.7. The highest BCUT2D eigenvalue weighted by Gasteiger charge is 2.37. The smallest absolute Gasteiger partial charge is 0.274 e. The number of aryl methyl sites for hydroxylation is 3. The summed E-state index contributed by atoms with van der Waals surface area (Å²) in [5.74, 6) is -0.240. The zero-order valence-corrected chi connectivity index (χ0v) is 23.4. The van der Waals surface area contributed by atoms with Crippen molar-refractivity contribution in [2.45, 2.75) is 46.8 Å². The molecule has 4 heterocycles. The van der Waals surface area contributed by atoms with Crippen molar-refractivity contribution in [2.24, 2.45) is 19.5 Å². The van der Waals surface area contributed by atoms with E-state index < -0.39 is 12.4 Å². The van der Waals surface area contributed by atoms with Crippen molar-refractivity contribution in [2.75, 3.05) is 16.8 Å². The molecule has 9 nitrogen and oxygen atoms in total. The molecule has 1 amide bonds. The summed E-state index contributed by atoms with van der Waals surface area (Å²) in [7, 11) is 3.42. The van der Waals surface area contributed by atoms with Gasteiger partial charge in [0, 0.05) is 62.0 Å². The van der Waals surface area contributed by atoms with Crippen LogP contribution in [0.1, 0.15) is 46.9 Å². The molecular weight excluding hydrogens is 511 g/mol. The number of amides is 1. The molecule has 208 valence electrons. The summed E-state index contributed by atoms with van der Waals surface area (Å²) < 4.78 is 20.4. The Morgan fingerprint density at radius 3 is 2.55 bits per heavy atom. The number of rotatable bonds is 5. The second-order valence-corrected chi connectivity index (χ2v) is 11.7. The Kier molecular flexibility index (Phi) is 5.99. The second kappa shape index (κ2) is 9.19. The quantitative estimate of drug-likeness (QED) is 0.395. The van der Waals surface area contributed by atoms with Gasteiger partial charge in [0.2, 0.25) is 0 Å². The summed E-state index contributed by atoms with van der Waals surface area (Å²) in [5, 5.41) is 18.0. The molecule has 0 fully saturated rings. The molecule has 1 aromatic carbocycles. The van der Waals surface area contributed by atoms with Gasteiger partial charge in [-0.2, -0.15) is 5.10 Å². The van der Waals surface area contributed by atoms with Crippen molar-refractivity contribution in [1.29, 1.82) is 0 Å². The first-order chi connectivity index (χ1) is 19.0. The van der Waals surface area contributed by atoms with E-state index in [1.54, 1.807) is 28.9 Å². The maximum absolute atomic E-state index is 15.2. The molecule has 0 spiro atoms. The Labute approximate surface area is 231 Å². The van der Waals surface area contributed by atoms with Gasteiger partial charge < -0.3 is 24.5 Å². The Balaban J connectivity index is 1.41. The summed E-state index contributed by atoms with van der Waals surface area (Å²) in [6.07, 6.45) is 3.44. The number of nitrogens with one attached hydrogen (secondary N) is 1. The van der Waals surface area contributed by atoms with E-state index in [1.165, 1.54) is 28.0 Å². The van der Waals surface area contributed by atoms with E-state index in [-0.39, 0.29) is 22.6 Å². The van der Waals surface area contributed by atoms with Crippen molar-refractivity contribution in [1.82, 2.24) is 18.9 Å². The largest absolute Gasteiger partial charge is 0.392 e. The van der Waals surface area contributed by atoms with Crippen molar-refractivity contribution >= 4 is 23.1 Å². The number of aromatic nitrogens is 4. The number of aliphatic hydroxyl groups excluding tert-OH is 1. The first-order valence-corrected chi connectivity index (χ1v) is 13.4. The van der Waals surface area contributed by atoms with Crippen LogP contribution in [0.2, 0.25) is 0 Å². The molecule has 0 saturated heterocycles. The lowest BCUT2D eigenvalue weighted by atomic mass is 9.90. The normalized spacial score (nSPS) is 15.9. The Bertz CT molecular complexity index is 1730. The van der Waals surface area contributed by atoms with Gasteiger partial charge in [-0.25, -0.2) is 4.39 Å². The zero-order valence-electron chi connectivity index (χ0n) is 23.4. The van der Waals surface area contributed by atoms with Crippen LogP contribution in [0.3, 0.4) is 0 Å². The summed E-state index contributed by atoms with van der Waals surface area (Å²) in [6, 6.07) is 8.05. The first-order valence-electron chi connectivity index (χ1n) is 13.4. The number of nitrogens with zero attached hydrogens (tertiary/aromatic N) is 5. The third kappa shape index (κ3) is 4.23. The van der Waals surface area contributed by atoms with Crippen molar-refractivity contribution in [3.63, 3.8) is 0 Å². The minimum Gasteiger partial charge on any atom is -0.392 e. The molecule has 2 N–H and O–H groups in total. The number of aliphatic hydroxyl groups is 1. The minimum atomic E-state index is -0.538. The van der Waals surface area contributed by atoms with E-state index in [2.05, 4.69) is 28.8 Å². The van der Waals surface area contributed by atoms with E-state index in [9.17, 15) is 14.7 Å². The van der Waals surface area contributed by atoms with Crippen LogP contribution in [0.15, 0.2) is 41.3 Å². The fourth-order valence-electron chi connectivity index (χ4n) is 6.14. The van der Waals surface area contributed by atoms with Gasteiger partial charge in [-0.05, 0) is 60.6 Å². The molecule has 1 aliphatic carbocycles. The predicted molar refractivity (Wildman–Crippen MR) is 152 cm³/mol. The lowest BCUT2D eigenvalue weighted by Gasteiger charge is -2.32.